The van der Waals surface area contributed by atoms with Crippen LogP contribution in [0, 0.1) is 0 Å². The van der Waals surface area contributed by atoms with Gasteiger partial charge in [0.2, 0.25) is 0 Å². The van der Waals surface area contributed by atoms with E-state index in [2.05, 4.69) is 10.2 Å². The van der Waals surface area contributed by atoms with E-state index < -0.39 is 0 Å². The van der Waals surface area contributed by atoms with Crippen molar-refractivity contribution in [3.05, 3.63) is 48.3 Å². The highest BCUT2D eigenvalue weighted by molar-refractivity contribution is 5.21. The van der Waals surface area contributed by atoms with Crippen molar-refractivity contribution in [3.63, 3.8) is 0 Å². The second kappa shape index (κ2) is 3.76. The highest BCUT2D eigenvalue weighted by Gasteiger charge is 1.94. The number of aromatic nitrogens is 2. The maximum Gasteiger partial charge on any atom is 0.119 e. The predicted molar refractivity (Wildman–Crippen MR) is 49.4 cm³/mol. The monoisotopic (exact) mass is 174 g/mol. The number of nitrogens with zero attached hydrogens (tertiary/aromatic N) is 1. The molecular weight excluding hydrogens is 164 g/mol. The lowest BCUT2D eigenvalue weighted by molar-refractivity contribution is 0.306. The van der Waals surface area contributed by atoms with Gasteiger partial charge in [0, 0.05) is 11.8 Å². The van der Waals surface area contributed by atoms with Crippen molar-refractivity contribution < 1.29 is 4.74 Å². The molecule has 0 fully saturated rings. The van der Waals surface area contributed by atoms with Crippen LogP contribution in [-0.2, 0) is 6.61 Å². The molecule has 0 spiro atoms. The summed E-state index contributed by atoms with van der Waals surface area (Å²) >= 11 is 0. The Hall–Kier alpha value is -1.77. The first kappa shape index (κ1) is 7.86. The van der Waals surface area contributed by atoms with Gasteiger partial charge in [-0.3, -0.25) is 5.10 Å². The summed E-state index contributed by atoms with van der Waals surface area (Å²) in [6, 6.07) is 9.72. The van der Waals surface area contributed by atoms with E-state index in [0.717, 1.165) is 11.3 Å². The van der Waals surface area contributed by atoms with E-state index in [1.54, 1.807) is 6.20 Å². The molecule has 66 valence electrons. The lowest BCUT2D eigenvalue weighted by Crippen LogP contribution is -1.92. The van der Waals surface area contributed by atoms with E-state index >= 15 is 0 Å². The molecule has 13 heavy (non-hydrogen) atoms. The molecule has 0 aliphatic rings. The standard InChI is InChI=1S/C10H10N2O/c1-2-4-10(5-3-1)13-8-9-6-11-12-7-9/h1-7H,8H2,(H,11,12). The molecule has 0 radical (unpaired) electrons. The summed E-state index contributed by atoms with van der Waals surface area (Å²) in [5.41, 5.74) is 1.05. The SMILES string of the molecule is c1ccc(OCc2cn[nH]c2)cc1. The van der Waals surface area contributed by atoms with E-state index in [-0.39, 0.29) is 0 Å². The van der Waals surface area contributed by atoms with Gasteiger partial charge in [-0.1, -0.05) is 18.2 Å². The molecule has 1 heterocycles. The fourth-order valence-corrected chi connectivity index (χ4v) is 1.04. The molecule has 0 bridgehead atoms. The van der Waals surface area contributed by atoms with Crippen molar-refractivity contribution in [2.75, 3.05) is 0 Å². The topological polar surface area (TPSA) is 37.9 Å². The molecule has 2 aromatic rings. The van der Waals surface area contributed by atoms with Crippen LogP contribution in [0.25, 0.3) is 0 Å². The maximum atomic E-state index is 5.49. The van der Waals surface area contributed by atoms with Crippen LogP contribution in [0.2, 0.25) is 0 Å². The summed E-state index contributed by atoms with van der Waals surface area (Å²) in [6.07, 6.45) is 3.58. The van der Waals surface area contributed by atoms with Crippen LogP contribution in [0.1, 0.15) is 5.56 Å². The zero-order valence-electron chi connectivity index (χ0n) is 7.10. The summed E-state index contributed by atoms with van der Waals surface area (Å²) in [7, 11) is 0. The third kappa shape index (κ3) is 2.08. The number of benzene rings is 1. The fourth-order valence-electron chi connectivity index (χ4n) is 1.04. The van der Waals surface area contributed by atoms with Crippen molar-refractivity contribution in [2.45, 2.75) is 6.61 Å². The van der Waals surface area contributed by atoms with Crippen molar-refractivity contribution in [2.24, 2.45) is 0 Å². The quantitative estimate of drug-likeness (QED) is 0.772. The molecule has 1 aromatic carbocycles. The van der Waals surface area contributed by atoms with Gasteiger partial charge in [-0.15, -0.1) is 0 Å². The van der Waals surface area contributed by atoms with Crippen LogP contribution in [0.3, 0.4) is 0 Å². The van der Waals surface area contributed by atoms with Gasteiger partial charge in [-0.2, -0.15) is 5.10 Å². The van der Waals surface area contributed by atoms with Crippen LogP contribution in [0.15, 0.2) is 42.7 Å². The molecule has 0 aliphatic heterocycles. The third-order valence-electron chi connectivity index (χ3n) is 1.70. The first-order valence-corrected chi connectivity index (χ1v) is 4.10. The van der Waals surface area contributed by atoms with Gasteiger partial charge in [0.25, 0.3) is 0 Å². The van der Waals surface area contributed by atoms with E-state index in [9.17, 15) is 0 Å². The number of para-hydroxylation sites is 1. The van der Waals surface area contributed by atoms with E-state index in [4.69, 9.17) is 4.74 Å². The fraction of sp³-hybridized carbons (Fsp3) is 0.100. The van der Waals surface area contributed by atoms with Gasteiger partial charge in [-0.25, -0.2) is 0 Å². The number of nitrogens with one attached hydrogen (secondary N) is 1. The Morgan fingerprint density at radius 3 is 2.77 bits per heavy atom. The van der Waals surface area contributed by atoms with E-state index in [1.165, 1.54) is 0 Å². The molecule has 1 N–H and O–H groups in total. The second-order valence-corrected chi connectivity index (χ2v) is 2.71. The van der Waals surface area contributed by atoms with Crippen LogP contribution in [0.5, 0.6) is 5.75 Å². The number of hydrogen-bond acceptors (Lipinski definition) is 2. The molecule has 0 amide bonds. The maximum absolute atomic E-state index is 5.49. The first-order chi connectivity index (χ1) is 6.45. The molecule has 3 heteroatoms. The minimum Gasteiger partial charge on any atom is -0.489 e. The van der Waals surface area contributed by atoms with Gasteiger partial charge in [0.05, 0.1) is 6.20 Å². The highest BCUT2D eigenvalue weighted by atomic mass is 16.5. The normalized spacial score (nSPS) is 9.85. The van der Waals surface area contributed by atoms with Gasteiger partial charge < -0.3 is 4.74 Å². The van der Waals surface area contributed by atoms with Gasteiger partial charge in [0.15, 0.2) is 0 Å². The zero-order valence-corrected chi connectivity index (χ0v) is 7.10. The van der Waals surface area contributed by atoms with Crippen LogP contribution in [-0.4, -0.2) is 10.2 Å². The Morgan fingerprint density at radius 2 is 2.08 bits per heavy atom. The molecule has 0 atom stereocenters. The summed E-state index contributed by atoms with van der Waals surface area (Å²) in [6.45, 7) is 0.556. The lowest BCUT2D eigenvalue weighted by atomic mass is 10.3. The average Bonchev–Trinajstić information content (AvgIpc) is 2.69. The molecule has 0 saturated carbocycles. The highest BCUT2D eigenvalue weighted by Crippen LogP contribution is 2.10. The number of H-pyrrole nitrogens is 1. The van der Waals surface area contributed by atoms with Crippen molar-refractivity contribution in [1.82, 2.24) is 10.2 Å². The van der Waals surface area contributed by atoms with Gasteiger partial charge in [0.1, 0.15) is 12.4 Å². The molecule has 1 aromatic heterocycles. The minimum atomic E-state index is 0.556. The summed E-state index contributed by atoms with van der Waals surface area (Å²) in [4.78, 5) is 0. The summed E-state index contributed by atoms with van der Waals surface area (Å²) < 4.78 is 5.49. The second-order valence-electron chi connectivity index (χ2n) is 2.71. The molecule has 0 aliphatic carbocycles. The smallest absolute Gasteiger partial charge is 0.119 e. The van der Waals surface area contributed by atoms with E-state index in [1.807, 2.05) is 36.5 Å². The van der Waals surface area contributed by atoms with Crippen LogP contribution in [0.4, 0.5) is 0 Å². The van der Waals surface area contributed by atoms with Crippen LogP contribution >= 0.6 is 0 Å². The Labute approximate surface area is 76.4 Å². The number of hydrogen-bond donors (Lipinski definition) is 1. The number of rotatable bonds is 3. The van der Waals surface area contributed by atoms with Crippen molar-refractivity contribution in [3.8, 4) is 5.75 Å². The lowest BCUT2D eigenvalue weighted by Gasteiger charge is -2.02. The van der Waals surface area contributed by atoms with Crippen LogP contribution < -0.4 is 4.74 Å². The molecule has 0 saturated heterocycles. The third-order valence-corrected chi connectivity index (χ3v) is 1.70. The number of ether oxygens (including phenoxy) is 1. The summed E-state index contributed by atoms with van der Waals surface area (Å²) in [5, 5.41) is 6.57. The summed E-state index contributed by atoms with van der Waals surface area (Å²) in [5.74, 6) is 0.878. The minimum absolute atomic E-state index is 0.556. The Kier molecular flexibility index (Phi) is 2.27. The van der Waals surface area contributed by atoms with Gasteiger partial charge in [-0.05, 0) is 12.1 Å². The molecule has 0 unspecified atom stereocenters. The molecule has 2 rings (SSSR count). The largest absolute Gasteiger partial charge is 0.489 e. The molecular formula is C10H10N2O. The predicted octanol–water partition coefficient (Wildman–Crippen LogP) is 1.99. The zero-order chi connectivity index (χ0) is 8.93. The Bertz CT molecular complexity index is 342. The number of aromatic amines is 1. The Balaban J connectivity index is 1.94. The van der Waals surface area contributed by atoms with Crippen molar-refractivity contribution >= 4 is 0 Å². The average molecular weight is 174 g/mol. The van der Waals surface area contributed by atoms with Crippen molar-refractivity contribution in [1.29, 1.82) is 0 Å². The Morgan fingerprint density at radius 1 is 1.23 bits per heavy atom. The van der Waals surface area contributed by atoms with Gasteiger partial charge >= 0.3 is 0 Å². The first-order valence-electron chi connectivity index (χ1n) is 4.10. The van der Waals surface area contributed by atoms with E-state index in [0.29, 0.717) is 6.61 Å². The molecule has 3 nitrogen and oxygen atoms in total.